The molecule has 34 valence electrons. The highest BCUT2D eigenvalue weighted by Crippen LogP contribution is 1.80. The maximum absolute atomic E-state index is 8.20. The normalized spacial score (nSPS) is 7.00. The van der Waals surface area contributed by atoms with Crippen LogP contribution in [0.5, 0.6) is 0 Å². The fraction of sp³-hybridized carbons (Fsp3) is 0.400. The van der Waals surface area contributed by atoms with Gasteiger partial charge in [0.2, 0.25) is 0 Å². The molecule has 0 radical (unpaired) electrons. The molecule has 0 aromatic carbocycles. The van der Waals surface area contributed by atoms with E-state index in [0.717, 1.165) is 5.57 Å². The molecule has 0 atom stereocenters. The molecule has 0 aliphatic rings. The fourth-order valence-corrected chi connectivity index (χ4v) is 0.0559. The van der Waals surface area contributed by atoms with Crippen LogP contribution in [0.3, 0.4) is 0 Å². The van der Waals surface area contributed by atoms with E-state index < -0.39 is 0 Å². The summed E-state index contributed by atoms with van der Waals surface area (Å²) in [5.41, 5.74) is 3.32. The summed E-state index contributed by atoms with van der Waals surface area (Å²) >= 11 is 0. The van der Waals surface area contributed by atoms with Gasteiger partial charge in [-0.05, 0) is 12.5 Å². The number of aliphatic hydroxyl groups excluding tert-OH is 1. The highest BCUT2D eigenvalue weighted by atomic mass is 16.3. The van der Waals surface area contributed by atoms with Crippen molar-refractivity contribution in [1.29, 1.82) is 0 Å². The topological polar surface area (TPSA) is 20.2 Å². The molecule has 0 amide bonds. The van der Waals surface area contributed by atoms with E-state index in [2.05, 4.69) is 12.3 Å². The van der Waals surface area contributed by atoms with Gasteiger partial charge in [-0.2, -0.15) is 0 Å². The zero-order valence-electron chi connectivity index (χ0n) is 3.86. The van der Waals surface area contributed by atoms with E-state index >= 15 is 0 Å². The van der Waals surface area contributed by atoms with Crippen molar-refractivity contribution in [1.82, 2.24) is 0 Å². The van der Waals surface area contributed by atoms with Gasteiger partial charge in [-0.3, -0.25) is 0 Å². The molecular weight excluding hydrogens is 76.1 g/mol. The summed E-state index contributed by atoms with van der Waals surface area (Å²) in [7, 11) is 0. The van der Waals surface area contributed by atoms with Crippen molar-refractivity contribution in [2.24, 2.45) is 0 Å². The highest BCUT2D eigenvalue weighted by molar-refractivity contribution is 4.92. The van der Waals surface area contributed by atoms with E-state index in [9.17, 15) is 0 Å². The molecule has 0 heterocycles. The van der Waals surface area contributed by atoms with Crippen LogP contribution >= 0.6 is 0 Å². The van der Waals surface area contributed by atoms with Crippen LogP contribution < -0.4 is 0 Å². The zero-order chi connectivity index (χ0) is 4.99. The van der Waals surface area contributed by atoms with Crippen molar-refractivity contribution < 1.29 is 5.11 Å². The van der Waals surface area contributed by atoms with Crippen LogP contribution in [0.25, 0.3) is 0 Å². The van der Waals surface area contributed by atoms with Crippen LogP contribution in [0, 0.1) is 0 Å². The Kier molecular flexibility index (Phi) is 2.47. The van der Waals surface area contributed by atoms with Crippen LogP contribution in [-0.4, -0.2) is 11.7 Å². The van der Waals surface area contributed by atoms with Gasteiger partial charge < -0.3 is 5.11 Å². The SMILES string of the molecule is C=C=C(C)CO. The van der Waals surface area contributed by atoms with Crippen LogP contribution in [0.2, 0.25) is 0 Å². The lowest BCUT2D eigenvalue weighted by Gasteiger charge is -1.80. The lowest BCUT2D eigenvalue weighted by molar-refractivity contribution is 0.332. The van der Waals surface area contributed by atoms with Gasteiger partial charge >= 0.3 is 0 Å². The third-order valence-electron chi connectivity index (χ3n) is 0.539. The fourth-order valence-electron chi connectivity index (χ4n) is 0.0559. The van der Waals surface area contributed by atoms with E-state index in [1.807, 2.05) is 0 Å². The first-order valence-electron chi connectivity index (χ1n) is 1.77. The van der Waals surface area contributed by atoms with Crippen molar-refractivity contribution in [3.8, 4) is 0 Å². The Labute approximate surface area is 37.6 Å². The molecule has 0 fully saturated rings. The Hall–Kier alpha value is -0.520. The molecule has 6 heavy (non-hydrogen) atoms. The molecule has 0 saturated heterocycles. The Morgan fingerprint density at radius 3 is 2.50 bits per heavy atom. The predicted molar refractivity (Wildman–Crippen MR) is 25.4 cm³/mol. The first kappa shape index (κ1) is 5.48. The quantitative estimate of drug-likeness (QED) is 0.464. The van der Waals surface area contributed by atoms with Gasteiger partial charge in [0.25, 0.3) is 0 Å². The molecule has 0 saturated carbocycles. The van der Waals surface area contributed by atoms with Crippen molar-refractivity contribution in [2.75, 3.05) is 6.61 Å². The van der Waals surface area contributed by atoms with Gasteiger partial charge in [0.1, 0.15) is 0 Å². The number of hydrogen-bond acceptors (Lipinski definition) is 1. The maximum Gasteiger partial charge on any atom is 0.0712 e. The molecule has 1 nitrogen and oxygen atoms in total. The smallest absolute Gasteiger partial charge is 0.0712 e. The van der Waals surface area contributed by atoms with Gasteiger partial charge in [0.15, 0.2) is 0 Å². The van der Waals surface area contributed by atoms with E-state index in [4.69, 9.17) is 5.11 Å². The second-order valence-electron chi connectivity index (χ2n) is 1.12. The van der Waals surface area contributed by atoms with Crippen LogP contribution in [0.4, 0.5) is 0 Å². The first-order chi connectivity index (χ1) is 2.81. The minimum atomic E-state index is 0.0729. The summed E-state index contributed by atoms with van der Waals surface area (Å²) in [6.45, 7) is 5.15. The summed E-state index contributed by atoms with van der Waals surface area (Å²) in [5.74, 6) is 0. The van der Waals surface area contributed by atoms with Gasteiger partial charge in [0.05, 0.1) is 6.61 Å². The lowest BCUT2D eigenvalue weighted by Crippen LogP contribution is -1.78. The molecule has 0 rings (SSSR count). The minimum Gasteiger partial charge on any atom is -0.391 e. The molecule has 0 aromatic rings. The summed E-state index contributed by atoms with van der Waals surface area (Å²) in [5, 5.41) is 8.20. The van der Waals surface area contributed by atoms with Gasteiger partial charge in [0, 0.05) is 0 Å². The Balaban J connectivity index is 3.52. The van der Waals surface area contributed by atoms with Crippen molar-refractivity contribution in [3.05, 3.63) is 17.9 Å². The van der Waals surface area contributed by atoms with Crippen LogP contribution in [0.1, 0.15) is 6.92 Å². The molecule has 0 bridgehead atoms. The highest BCUT2D eigenvalue weighted by Gasteiger charge is 1.73. The van der Waals surface area contributed by atoms with Gasteiger partial charge in [-0.25, -0.2) is 0 Å². The monoisotopic (exact) mass is 84.1 g/mol. The van der Waals surface area contributed by atoms with Crippen molar-refractivity contribution >= 4 is 0 Å². The molecule has 0 aliphatic carbocycles. The van der Waals surface area contributed by atoms with Gasteiger partial charge in [-0.1, -0.05) is 6.58 Å². The Morgan fingerprint density at radius 2 is 2.50 bits per heavy atom. The standard InChI is InChI=1S/C5H8O/c1-3-5(2)4-6/h6H,1,4H2,2H3. The van der Waals surface area contributed by atoms with E-state index in [0.29, 0.717) is 0 Å². The summed E-state index contributed by atoms with van der Waals surface area (Å²) in [4.78, 5) is 0. The number of hydrogen-bond donors (Lipinski definition) is 1. The number of aliphatic hydroxyl groups is 1. The maximum atomic E-state index is 8.20. The second kappa shape index (κ2) is 2.70. The summed E-state index contributed by atoms with van der Waals surface area (Å²) in [6, 6.07) is 0. The Morgan fingerprint density at radius 1 is 2.00 bits per heavy atom. The average molecular weight is 84.1 g/mol. The second-order valence-corrected chi connectivity index (χ2v) is 1.12. The van der Waals surface area contributed by atoms with Crippen molar-refractivity contribution in [3.63, 3.8) is 0 Å². The molecule has 1 N–H and O–H groups in total. The summed E-state index contributed by atoms with van der Waals surface area (Å²) in [6.07, 6.45) is 0. The van der Waals surface area contributed by atoms with Crippen LogP contribution in [0.15, 0.2) is 17.9 Å². The lowest BCUT2D eigenvalue weighted by atomic mass is 10.4. The van der Waals surface area contributed by atoms with Gasteiger partial charge in [-0.15, -0.1) is 5.73 Å². The Bertz CT molecular complexity index is 77.9. The summed E-state index contributed by atoms with van der Waals surface area (Å²) < 4.78 is 0. The molecular formula is C5H8O. The third-order valence-corrected chi connectivity index (χ3v) is 0.539. The predicted octanol–water partition coefficient (Wildman–Crippen LogP) is 0.710. The zero-order valence-corrected chi connectivity index (χ0v) is 3.86. The van der Waals surface area contributed by atoms with Crippen molar-refractivity contribution in [2.45, 2.75) is 6.92 Å². The molecule has 0 unspecified atom stereocenters. The number of rotatable bonds is 1. The largest absolute Gasteiger partial charge is 0.391 e. The van der Waals surface area contributed by atoms with E-state index in [1.165, 1.54) is 0 Å². The minimum absolute atomic E-state index is 0.0729. The third kappa shape index (κ3) is 1.77. The van der Waals surface area contributed by atoms with E-state index in [1.54, 1.807) is 6.92 Å². The molecule has 0 aromatic heterocycles. The average Bonchev–Trinajstić information content (AvgIpc) is 1.65. The molecule has 1 heteroatoms. The first-order valence-corrected chi connectivity index (χ1v) is 1.77. The molecule has 0 aliphatic heterocycles. The molecule has 0 spiro atoms. The van der Waals surface area contributed by atoms with E-state index in [-0.39, 0.29) is 6.61 Å². The van der Waals surface area contributed by atoms with Crippen LogP contribution in [-0.2, 0) is 0 Å².